The Hall–Kier alpha value is -0.800. The molecule has 33 heavy (non-hydrogen) atoms. The van der Waals surface area contributed by atoms with Gasteiger partial charge >= 0.3 is 59.1 Å². The average Bonchev–Trinajstić information content (AvgIpc) is 2.89. The molecule has 0 aliphatic heterocycles. The smallest absolute Gasteiger partial charge is 0.810 e. The van der Waals surface area contributed by atoms with Crippen LogP contribution in [0, 0.1) is 0 Å². The number of rotatable bonds is 7. The first-order valence-electron chi connectivity index (χ1n) is 9.47. The van der Waals surface area contributed by atoms with Crippen LogP contribution in [0.4, 0.5) is 0 Å². The fourth-order valence-electron chi connectivity index (χ4n) is 3.78. The van der Waals surface area contributed by atoms with E-state index in [1.807, 2.05) is 0 Å². The number of fused-ring (bicyclic) bond motifs is 1. The predicted molar refractivity (Wildman–Crippen MR) is 111 cm³/mol. The van der Waals surface area contributed by atoms with Gasteiger partial charge < -0.3 is 33.3 Å². The number of ether oxygens (including phenoxy) is 4. The topological polar surface area (TPSA) is 117 Å². The average molecular weight is 492 g/mol. The molecule has 2 aromatic carbocycles. The van der Waals surface area contributed by atoms with Crippen molar-refractivity contribution in [1.82, 2.24) is 0 Å². The van der Waals surface area contributed by atoms with Crippen LogP contribution >= 0.6 is 7.60 Å². The van der Waals surface area contributed by atoms with Crippen LogP contribution in [0.15, 0.2) is 30.3 Å². The third-order valence-corrected chi connectivity index (χ3v) is 5.83. The van der Waals surface area contributed by atoms with E-state index in [0.717, 1.165) is 5.56 Å². The van der Waals surface area contributed by atoms with Crippen LogP contribution in [0.3, 0.4) is 0 Å². The number of carbonyl (C=O) groups excluding carboxylic acids is 1. The van der Waals surface area contributed by atoms with Gasteiger partial charge in [-0.2, -0.15) is 0 Å². The largest absolute Gasteiger partial charge is 1.00 e. The molecule has 1 aliphatic rings. The van der Waals surface area contributed by atoms with Crippen LogP contribution < -0.4 is 87.8 Å². The molecule has 0 atom stereocenters. The van der Waals surface area contributed by atoms with E-state index >= 15 is 0 Å². The van der Waals surface area contributed by atoms with Crippen LogP contribution in [0.25, 0.3) is 5.57 Å². The Balaban J connectivity index is 0.00000272. The van der Waals surface area contributed by atoms with E-state index in [1.165, 1.54) is 34.5 Å². The molecule has 1 aliphatic carbocycles. The SMILES string of the molecule is COc1ccc(C2=CC(=O)CCc3c2cc(OC)c(OC)c3OC)cc1CP(=O)([O-])[O-].[Na+].[Na+]. The van der Waals surface area contributed by atoms with Crippen molar-refractivity contribution in [1.29, 1.82) is 0 Å². The molecule has 166 valence electrons. The molecule has 0 heterocycles. The number of methoxy groups -OCH3 is 4. The number of benzene rings is 2. The van der Waals surface area contributed by atoms with Crippen LogP contribution in [0.2, 0.25) is 0 Å². The quantitative estimate of drug-likeness (QED) is 0.285. The maximum absolute atomic E-state index is 12.5. The summed E-state index contributed by atoms with van der Waals surface area (Å²) in [5, 5.41) is 0. The first-order valence-corrected chi connectivity index (χ1v) is 11.2. The Morgan fingerprint density at radius 1 is 0.879 bits per heavy atom. The summed E-state index contributed by atoms with van der Waals surface area (Å²) in [7, 11) is 1.08. The zero-order chi connectivity index (χ0) is 22.8. The fraction of sp³-hybridized carbons (Fsp3) is 0.318. The van der Waals surface area contributed by atoms with Gasteiger partial charge in [0.1, 0.15) is 5.75 Å². The summed E-state index contributed by atoms with van der Waals surface area (Å²) >= 11 is 0. The Labute approximate surface area is 237 Å². The summed E-state index contributed by atoms with van der Waals surface area (Å²) in [6, 6.07) is 6.60. The molecule has 0 saturated heterocycles. The maximum atomic E-state index is 12.5. The van der Waals surface area contributed by atoms with E-state index in [-0.39, 0.29) is 82.6 Å². The van der Waals surface area contributed by atoms with E-state index in [2.05, 4.69) is 0 Å². The number of hydrogen-bond acceptors (Lipinski definition) is 8. The summed E-state index contributed by atoms with van der Waals surface area (Å²) in [6.45, 7) is 0. The zero-order valence-corrected chi connectivity index (χ0v) is 24.6. The summed E-state index contributed by atoms with van der Waals surface area (Å²) in [6.07, 6.45) is 1.50. The second-order valence-electron chi connectivity index (χ2n) is 6.99. The summed E-state index contributed by atoms with van der Waals surface area (Å²) in [5.41, 5.74) is 2.82. The molecule has 2 aromatic rings. The number of carbonyl (C=O) groups is 1. The van der Waals surface area contributed by atoms with E-state index < -0.39 is 13.8 Å². The van der Waals surface area contributed by atoms with Crippen LogP contribution in [0.1, 0.15) is 28.7 Å². The maximum Gasteiger partial charge on any atom is 1.00 e. The second kappa shape index (κ2) is 12.8. The number of ketones is 1. The monoisotopic (exact) mass is 492 g/mol. The van der Waals surface area contributed by atoms with Crippen molar-refractivity contribution in [3.8, 4) is 23.0 Å². The summed E-state index contributed by atoms with van der Waals surface area (Å²) < 4.78 is 33.1. The zero-order valence-electron chi connectivity index (χ0n) is 19.7. The molecule has 0 saturated carbocycles. The molecule has 0 spiro atoms. The fourth-order valence-corrected chi connectivity index (χ4v) is 4.44. The van der Waals surface area contributed by atoms with Crippen LogP contribution in [-0.2, 0) is 21.9 Å². The molecule has 0 amide bonds. The molecule has 0 bridgehead atoms. The van der Waals surface area contributed by atoms with E-state index in [9.17, 15) is 19.1 Å². The summed E-state index contributed by atoms with van der Waals surface area (Å²) in [5.74, 6) is 1.50. The minimum Gasteiger partial charge on any atom is -0.810 e. The third kappa shape index (κ3) is 6.88. The Morgan fingerprint density at radius 2 is 1.52 bits per heavy atom. The van der Waals surface area contributed by atoms with Gasteiger partial charge in [0.25, 0.3) is 0 Å². The van der Waals surface area contributed by atoms with Crippen molar-refractivity contribution < 1.29 is 97.2 Å². The first kappa shape index (κ1) is 30.2. The van der Waals surface area contributed by atoms with Crippen molar-refractivity contribution in [3.05, 3.63) is 52.6 Å². The minimum atomic E-state index is -4.83. The normalized spacial score (nSPS) is 12.9. The van der Waals surface area contributed by atoms with Gasteiger partial charge in [-0.15, -0.1) is 0 Å². The van der Waals surface area contributed by atoms with Crippen molar-refractivity contribution in [2.45, 2.75) is 19.0 Å². The number of allylic oxidation sites excluding steroid dienone is 1. The van der Waals surface area contributed by atoms with Gasteiger partial charge in [-0.05, 0) is 53.0 Å². The van der Waals surface area contributed by atoms with Crippen molar-refractivity contribution in [2.24, 2.45) is 0 Å². The van der Waals surface area contributed by atoms with E-state index in [4.69, 9.17) is 18.9 Å². The van der Waals surface area contributed by atoms with Gasteiger partial charge in [-0.25, -0.2) is 0 Å². The van der Waals surface area contributed by atoms with Crippen LogP contribution in [0.5, 0.6) is 23.0 Å². The van der Waals surface area contributed by atoms with Crippen molar-refractivity contribution in [3.63, 3.8) is 0 Å². The minimum absolute atomic E-state index is 0. The van der Waals surface area contributed by atoms with Gasteiger partial charge in [0.05, 0.1) is 28.4 Å². The molecule has 3 rings (SSSR count). The molecular formula is C22H23Na2O8P. The van der Waals surface area contributed by atoms with Gasteiger partial charge in [-0.1, -0.05) is 13.7 Å². The van der Waals surface area contributed by atoms with Gasteiger partial charge in [0.15, 0.2) is 17.3 Å². The van der Waals surface area contributed by atoms with Crippen molar-refractivity contribution >= 4 is 19.0 Å². The predicted octanol–water partition coefficient (Wildman–Crippen LogP) is -3.91. The third-order valence-electron chi connectivity index (χ3n) is 5.11. The molecule has 0 N–H and O–H groups in total. The Kier molecular flexibility index (Phi) is 11.7. The molecule has 0 radical (unpaired) electrons. The van der Waals surface area contributed by atoms with Gasteiger partial charge in [0, 0.05) is 18.1 Å². The van der Waals surface area contributed by atoms with E-state index in [1.54, 1.807) is 24.3 Å². The Morgan fingerprint density at radius 3 is 2.06 bits per heavy atom. The van der Waals surface area contributed by atoms with Crippen molar-refractivity contribution in [2.75, 3.05) is 28.4 Å². The van der Waals surface area contributed by atoms with Crippen LogP contribution in [-0.4, -0.2) is 34.2 Å². The summed E-state index contributed by atoms with van der Waals surface area (Å²) in [4.78, 5) is 35.3. The molecule has 0 unspecified atom stereocenters. The Bertz CT molecular complexity index is 1090. The number of hydrogen-bond donors (Lipinski definition) is 0. The van der Waals surface area contributed by atoms with Gasteiger partial charge in [0.2, 0.25) is 5.75 Å². The molecule has 8 nitrogen and oxygen atoms in total. The molecular weight excluding hydrogens is 469 g/mol. The second-order valence-corrected chi connectivity index (χ2v) is 8.53. The first-order chi connectivity index (χ1) is 14.7. The molecule has 11 heteroatoms. The van der Waals surface area contributed by atoms with E-state index in [0.29, 0.717) is 40.4 Å². The standard InChI is InChI=1S/C22H25O8P.2Na/c1-27-19-8-5-13(9-14(19)12-31(24,25)26)17-10-15(23)6-7-16-18(17)11-20(28-2)22(30-4)21(16)29-3;;/h5,8-11H,6-7,12H2,1-4H3,(H2,24,25,26);;/q;2*+1/p-2. The van der Waals surface area contributed by atoms with Gasteiger partial charge in [-0.3, -0.25) is 4.79 Å². The molecule has 0 fully saturated rings. The molecule has 0 aromatic heterocycles.